The predicted molar refractivity (Wildman–Crippen MR) is 67.4 cm³/mol. The maximum Gasteiger partial charge on any atom is 0.134 e. The van der Waals surface area contributed by atoms with Gasteiger partial charge in [0.05, 0.1) is 6.04 Å². The molecule has 2 heteroatoms. The molecule has 0 radical (unpaired) electrons. The van der Waals surface area contributed by atoms with Crippen molar-refractivity contribution in [1.82, 2.24) is 5.32 Å². The lowest BCUT2D eigenvalue weighted by Crippen LogP contribution is -2.19. The molecule has 0 aliphatic heterocycles. The summed E-state index contributed by atoms with van der Waals surface area (Å²) in [5.74, 6) is 0.989. The molecule has 84 valence electrons. The Hall–Kier alpha value is -1.54. The minimum Gasteiger partial charge on any atom is -0.459 e. The van der Waals surface area contributed by atoms with E-state index in [0.717, 1.165) is 29.7 Å². The molecule has 2 aromatic rings. The molecule has 16 heavy (non-hydrogen) atoms. The van der Waals surface area contributed by atoms with Gasteiger partial charge in [0.2, 0.25) is 0 Å². The van der Waals surface area contributed by atoms with Gasteiger partial charge in [-0.3, -0.25) is 0 Å². The van der Waals surface area contributed by atoms with E-state index >= 15 is 0 Å². The van der Waals surface area contributed by atoms with Crippen molar-refractivity contribution < 1.29 is 4.42 Å². The molecule has 0 amide bonds. The molecular weight excluding hydrogens is 198 g/mol. The van der Waals surface area contributed by atoms with E-state index in [9.17, 15) is 0 Å². The molecule has 1 atom stereocenters. The van der Waals surface area contributed by atoms with Gasteiger partial charge in [0.25, 0.3) is 0 Å². The van der Waals surface area contributed by atoms with E-state index in [2.05, 4.69) is 31.0 Å². The Balaban J connectivity index is 2.32. The first-order valence-corrected chi connectivity index (χ1v) is 5.68. The Kier molecular flexibility index (Phi) is 3.42. The largest absolute Gasteiger partial charge is 0.459 e. The lowest BCUT2D eigenvalue weighted by molar-refractivity contribution is 0.439. The van der Waals surface area contributed by atoms with Crippen LogP contribution in [0.2, 0.25) is 0 Å². The summed E-state index contributed by atoms with van der Waals surface area (Å²) in [4.78, 5) is 0. The van der Waals surface area contributed by atoms with Crippen molar-refractivity contribution in [2.24, 2.45) is 0 Å². The fourth-order valence-corrected chi connectivity index (χ4v) is 1.89. The van der Waals surface area contributed by atoms with E-state index in [1.165, 1.54) is 0 Å². The second-order valence-electron chi connectivity index (χ2n) is 3.82. The van der Waals surface area contributed by atoms with Crippen LogP contribution in [0.5, 0.6) is 0 Å². The highest BCUT2D eigenvalue weighted by Crippen LogP contribution is 2.25. The minimum absolute atomic E-state index is 0.231. The van der Waals surface area contributed by atoms with E-state index in [0.29, 0.717) is 0 Å². The molecule has 1 N–H and O–H groups in total. The summed E-state index contributed by atoms with van der Waals surface area (Å²) < 4.78 is 5.82. The van der Waals surface area contributed by atoms with Crippen molar-refractivity contribution >= 4 is 11.0 Å². The molecule has 0 spiro atoms. The van der Waals surface area contributed by atoms with Gasteiger partial charge < -0.3 is 9.73 Å². The van der Waals surface area contributed by atoms with Crippen LogP contribution in [0.4, 0.5) is 0 Å². The van der Waals surface area contributed by atoms with Crippen molar-refractivity contribution in [3.05, 3.63) is 48.7 Å². The average Bonchev–Trinajstić information content (AvgIpc) is 2.72. The first kappa shape index (κ1) is 11.0. The molecule has 0 aliphatic rings. The normalized spacial score (nSPS) is 12.8. The number of para-hydroxylation sites is 1. The fourth-order valence-electron chi connectivity index (χ4n) is 1.89. The van der Waals surface area contributed by atoms with Crippen molar-refractivity contribution in [1.29, 1.82) is 0 Å². The molecule has 1 unspecified atom stereocenters. The van der Waals surface area contributed by atoms with Gasteiger partial charge in [-0.25, -0.2) is 0 Å². The average molecular weight is 215 g/mol. The highest BCUT2D eigenvalue weighted by Gasteiger charge is 2.13. The molecule has 2 rings (SSSR count). The van der Waals surface area contributed by atoms with Crippen molar-refractivity contribution in [2.45, 2.75) is 19.4 Å². The Morgan fingerprint density at radius 1 is 1.44 bits per heavy atom. The number of hydrogen-bond donors (Lipinski definition) is 1. The van der Waals surface area contributed by atoms with Crippen LogP contribution in [-0.4, -0.2) is 6.54 Å². The highest BCUT2D eigenvalue weighted by atomic mass is 16.3. The third-order valence-corrected chi connectivity index (χ3v) is 2.64. The van der Waals surface area contributed by atoms with Crippen LogP contribution in [0.25, 0.3) is 11.0 Å². The molecule has 0 saturated carbocycles. The number of rotatable bonds is 5. The smallest absolute Gasteiger partial charge is 0.134 e. The Bertz CT molecular complexity index is 439. The molecule has 1 aromatic heterocycles. The zero-order valence-corrected chi connectivity index (χ0v) is 9.57. The number of nitrogens with one attached hydrogen (secondary N) is 1. The summed E-state index contributed by atoms with van der Waals surface area (Å²) in [5.41, 5.74) is 0.949. The van der Waals surface area contributed by atoms with Crippen LogP contribution in [-0.2, 0) is 0 Å². The van der Waals surface area contributed by atoms with Gasteiger partial charge in [0.1, 0.15) is 11.3 Å². The molecule has 0 bridgehead atoms. The number of hydrogen-bond acceptors (Lipinski definition) is 2. The van der Waals surface area contributed by atoms with Gasteiger partial charge in [-0.05, 0) is 25.1 Å². The van der Waals surface area contributed by atoms with Crippen LogP contribution >= 0.6 is 0 Å². The third-order valence-electron chi connectivity index (χ3n) is 2.64. The second kappa shape index (κ2) is 4.99. The van der Waals surface area contributed by atoms with Gasteiger partial charge in [-0.15, -0.1) is 6.58 Å². The first-order valence-electron chi connectivity index (χ1n) is 5.68. The summed E-state index contributed by atoms with van der Waals surface area (Å²) in [6, 6.07) is 10.4. The van der Waals surface area contributed by atoms with Gasteiger partial charge in [0.15, 0.2) is 0 Å². The standard InChI is InChI=1S/C14H17NO/c1-3-7-12(15-4-2)14-10-11-8-5-6-9-13(11)16-14/h3,5-6,8-10,12,15H,1,4,7H2,2H3. The fraction of sp³-hybridized carbons (Fsp3) is 0.286. The Morgan fingerprint density at radius 2 is 2.25 bits per heavy atom. The van der Waals surface area contributed by atoms with E-state index in [1.807, 2.05) is 24.3 Å². The maximum atomic E-state index is 5.82. The molecule has 2 nitrogen and oxygen atoms in total. The molecule has 0 aliphatic carbocycles. The van der Waals surface area contributed by atoms with Crippen molar-refractivity contribution in [3.63, 3.8) is 0 Å². The van der Waals surface area contributed by atoms with Crippen LogP contribution < -0.4 is 5.32 Å². The predicted octanol–water partition coefficient (Wildman–Crippen LogP) is 3.66. The van der Waals surface area contributed by atoms with E-state index in [-0.39, 0.29) is 6.04 Å². The van der Waals surface area contributed by atoms with E-state index in [1.54, 1.807) is 0 Å². The highest BCUT2D eigenvalue weighted by molar-refractivity contribution is 5.77. The lowest BCUT2D eigenvalue weighted by Gasteiger charge is -2.12. The number of fused-ring (bicyclic) bond motifs is 1. The third kappa shape index (κ3) is 2.17. The Labute approximate surface area is 96.0 Å². The van der Waals surface area contributed by atoms with Crippen molar-refractivity contribution in [3.8, 4) is 0 Å². The first-order chi connectivity index (χ1) is 7.85. The molecule has 0 fully saturated rings. The van der Waals surface area contributed by atoms with Crippen LogP contribution in [0.3, 0.4) is 0 Å². The monoisotopic (exact) mass is 215 g/mol. The second-order valence-corrected chi connectivity index (χ2v) is 3.82. The molecule has 0 saturated heterocycles. The number of benzene rings is 1. The van der Waals surface area contributed by atoms with Crippen LogP contribution in [0.1, 0.15) is 25.1 Å². The molecule has 1 heterocycles. The quantitative estimate of drug-likeness (QED) is 0.770. The lowest BCUT2D eigenvalue weighted by atomic mass is 10.1. The summed E-state index contributed by atoms with van der Waals surface area (Å²) in [7, 11) is 0. The maximum absolute atomic E-state index is 5.82. The minimum atomic E-state index is 0.231. The zero-order valence-electron chi connectivity index (χ0n) is 9.57. The van der Waals surface area contributed by atoms with E-state index in [4.69, 9.17) is 4.42 Å². The SMILES string of the molecule is C=CCC(NCC)c1cc2ccccc2o1. The van der Waals surface area contributed by atoms with Crippen LogP contribution in [0.15, 0.2) is 47.4 Å². The number of furan rings is 1. The van der Waals surface area contributed by atoms with Gasteiger partial charge >= 0.3 is 0 Å². The summed E-state index contributed by atoms with van der Waals surface area (Å²) in [6.45, 7) is 6.80. The summed E-state index contributed by atoms with van der Waals surface area (Å²) in [5, 5.41) is 4.55. The van der Waals surface area contributed by atoms with Crippen molar-refractivity contribution in [2.75, 3.05) is 6.54 Å². The van der Waals surface area contributed by atoms with Gasteiger partial charge in [0, 0.05) is 5.39 Å². The van der Waals surface area contributed by atoms with Gasteiger partial charge in [-0.2, -0.15) is 0 Å². The summed E-state index contributed by atoms with van der Waals surface area (Å²) >= 11 is 0. The van der Waals surface area contributed by atoms with E-state index < -0.39 is 0 Å². The Morgan fingerprint density at radius 3 is 2.94 bits per heavy atom. The topological polar surface area (TPSA) is 25.2 Å². The van der Waals surface area contributed by atoms with Crippen LogP contribution in [0, 0.1) is 0 Å². The van der Waals surface area contributed by atoms with Gasteiger partial charge in [-0.1, -0.05) is 31.2 Å². The molecular formula is C14H17NO. The zero-order chi connectivity index (χ0) is 11.4. The molecule has 1 aromatic carbocycles. The summed E-state index contributed by atoms with van der Waals surface area (Å²) in [6.07, 6.45) is 2.80.